The highest BCUT2D eigenvalue weighted by atomic mass is 16.5. The fourth-order valence-corrected chi connectivity index (χ4v) is 2.12. The van der Waals surface area contributed by atoms with Gasteiger partial charge in [-0.05, 0) is 30.2 Å². The Hall–Kier alpha value is -1.74. The van der Waals surface area contributed by atoms with E-state index in [-0.39, 0.29) is 0 Å². The van der Waals surface area contributed by atoms with E-state index in [0.29, 0.717) is 6.04 Å². The Morgan fingerprint density at radius 1 is 1.18 bits per heavy atom. The van der Waals surface area contributed by atoms with Crippen LogP contribution >= 0.6 is 0 Å². The second-order valence-corrected chi connectivity index (χ2v) is 4.28. The molecule has 3 nitrogen and oxygen atoms in total. The number of para-hydroxylation sites is 1. The highest BCUT2D eigenvalue weighted by molar-refractivity contribution is 5.35. The van der Waals surface area contributed by atoms with E-state index < -0.39 is 0 Å². The summed E-state index contributed by atoms with van der Waals surface area (Å²) in [5, 5.41) is 3.45. The summed E-state index contributed by atoms with van der Waals surface area (Å²) < 4.78 is 11.0. The molecular formula is C14H15NO2. The zero-order valence-electron chi connectivity index (χ0n) is 9.56. The third kappa shape index (κ3) is 2.34. The SMILES string of the molecule is c1coc(CNC2COc3ccccc3C2)c1. The zero-order valence-corrected chi connectivity index (χ0v) is 9.56. The molecule has 0 fully saturated rings. The van der Waals surface area contributed by atoms with Crippen LogP contribution in [-0.2, 0) is 13.0 Å². The van der Waals surface area contributed by atoms with Gasteiger partial charge in [0.1, 0.15) is 18.1 Å². The van der Waals surface area contributed by atoms with E-state index in [4.69, 9.17) is 9.15 Å². The first-order valence-corrected chi connectivity index (χ1v) is 5.88. The van der Waals surface area contributed by atoms with Crippen molar-refractivity contribution in [1.82, 2.24) is 5.32 Å². The number of hydrogen-bond acceptors (Lipinski definition) is 3. The van der Waals surface area contributed by atoms with E-state index in [0.717, 1.165) is 31.1 Å². The minimum Gasteiger partial charge on any atom is -0.492 e. The molecule has 1 N–H and O–H groups in total. The number of hydrogen-bond donors (Lipinski definition) is 1. The molecule has 0 bridgehead atoms. The fourth-order valence-electron chi connectivity index (χ4n) is 2.12. The molecular weight excluding hydrogens is 214 g/mol. The van der Waals surface area contributed by atoms with E-state index in [9.17, 15) is 0 Å². The van der Waals surface area contributed by atoms with Gasteiger partial charge in [-0.2, -0.15) is 0 Å². The predicted octanol–water partition coefficient (Wildman–Crippen LogP) is 2.37. The van der Waals surface area contributed by atoms with Gasteiger partial charge in [0.25, 0.3) is 0 Å². The summed E-state index contributed by atoms with van der Waals surface area (Å²) in [5.41, 5.74) is 1.27. The Kier molecular flexibility index (Phi) is 2.84. The Labute approximate surface area is 100 Å². The van der Waals surface area contributed by atoms with Crippen molar-refractivity contribution in [2.75, 3.05) is 6.61 Å². The summed E-state index contributed by atoms with van der Waals surface area (Å²) in [6.45, 7) is 1.47. The van der Waals surface area contributed by atoms with Crippen molar-refractivity contribution in [2.24, 2.45) is 0 Å². The topological polar surface area (TPSA) is 34.4 Å². The zero-order chi connectivity index (χ0) is 11.5. The van der Waals surface area contributed by atoms with E-state index >= 15 is 0 Å². The molecule has 0 saturated heterocycles. The van der Waals surface area contributed by atoms with E-state index in [1.807, 2.05) is 24.3 Å². The number of benzene rings is 1. The summed E-state index contributed by atoms with van der Waals surface area (Å²) >= 11 is 0. The van der Waals surface area contributed by atoms with Gasteiger partial charge >= 0.3 is 0 Å². The van der Waals surface area contributed by atoms with Crippen molar-refractivity contribution in [2.45, 2.75) is 19.0 Å². The smallest absolute Gasteiger partial charge is 0.122 e. The summed E-state index contributed by atoms with van der Waals surface area (Å²) in [4.78, 5) is 0. The van der Waals surface area contributed by atoms with Crippen LogP contribution in [0.2, 0.25) is 0 Å². The molecule has 1 aliphatic heterocycles. The highest BCUT2D eigenvalue weighted by Crippen LogP contribution is 2.23. The van der Waals surface area contributed by atoms with Gasteiger partial charge in [-0.3, -0.25) is 0 Å². The van der Waals surface area contributed by atoms with Crippen LogP contribution in [0.25, 0.3) is 0 Å². The molecule has 0 saturated carbocycles. The molecule has 0 radical (unpaired) electrons. The molecule has 17 heavy (non-hydrogen) atoms. The molecule has 0 amide bonds. The first-order chi connectivity index (χ1) is 8.42. The number of fused-ring (bicyclic) bond motifs is 1. The summed E-state index contributed by atoms with van der Waals surface area (Å²) in [5.74, 6) is 1.98. The van der Waals surface area contributed by atoms with Crippen molar-refractivity contribution in [3.8, 4) is 5.75 Å². The van der Waals surface area contributed by atoms with Gasteiger partial charge in [-0.1, -0.05) is 18.2 Å². The van der Waals surface area contributed by atoms with Gasteiger partial charge in [-0.25, -0.2) is 0 Å². The standard InChI is InChI=1S/C14H15NO2/c1-2-6-14-11(4-1)8-12(10-17-14)15-9-13-5-3-7-16-13/h1-7,12,15H,8-10H2. The lowest BCUT2D eigenvalue weighted by Crippen LogP contribution is -2.38. The molecule has 1 atom stereocenters. The molecule has 1 aromatic heterocycles. The van der Waals surface area contributed by atoms with Crippen molar-refractivity contribution in [3.63, 3.8) is 0 Å². The molecule has 0 spiro atoms. The van der Waals surface area contributed by atoms with Gasteiger partial charge in [0.05, 0.1) is 12.8 Å². The Morgan fingerprint density at radius 3 is 3.00 bits per heavy atom. The average molecular weight is 229 g/mol. The van der Waals surface area contributed by atoms with Crippen LogP contribution in [0.3, 0.4) is 0 Å². The Balaban J connectivity index is 1.61. The van der Waals surface area contributed by atoms with Gasteiger partial charge in [0.2, 0.25) is 0 Å². The lowest BCUT2D eigenvalue weighted by atomic mass is 10.0. The summed E-state index contributed by atoms with van der Waals surface area (Å²) in [6.07, 6.45) is 2.71. The average Bonchev–Trinajstić information content (AvgIpc) is 2.89. The molecule has 2 aromatic rings. The lowest BCUT2D eigenvalue weighted by Gasteiger charge is -2.25. The molecule has 1 aliphatic rings. The number of ether oxygens (including phenoxy) is 1. The van der Waals surface area contributed by atoms with Crippen molar-refractivity contribution >= 4 is 0 Å². The van der Waals surface area contributed by atoms with Gasteiger partial charge < -0.3 is 14.5 Å². The van der Waals surface area contributed by atoms with Gasteiger partial charge in [0.15, 0.2) is 0 Å². The summed E-state index contributed by atoms with van der Waals surface area (Å²) in [7, 11) is 0. The number of nitrogens with one attached hydrogen (secondary N) is 1. The fraction of sp³-hybridized carbons (Fsp3) is 0.286. The van der Waals surface area contributed by atoms with Crippen LogP contribution in [0.15, 0.2) is 47.1 Å². The molecule has 2 heterocycles. The van der Waals surface area contributed by atoms with E-state index in [1.165, 1.54) is 5.56 Å². The normalized spacial score (nSPS) is 18.5. The first-order valence-electron chi connectivity index (χ1n) is 5.88. The van der Waals surface area contributed by atoms with Crippen molar-refractivity contribution in [3.05, 3.63) is 54.0 Å². The minimum atomic E-state index is 0.356. The van der Waals surface area contributed by atoms with Gasteiger partial charge in [-0.15, -0.1) is 0 Å². The quantitative estimate of drug-likeness (QED) is 0.877. The molecule has 1 unspecified atom stereocenters. The maximum absolute atomic E-state index is 5.71. The number of rotatable bonds is 3. The molecule has 3 rings (SSSR count). The molecule has 3 heteroatoms. The van der Waals surface area contributed by atoms with Crippen molar-refractivity contribution in [1.29, 1.82) is 0 Å². The van der Waals surface area contributed by atoms with Crippen LogP contribution in [0.1, 0.15) is 11.3 Å². The Morgan fingerprint density at radius 2 is 2.12 bits per heavy atom. The molecule has 1 aromatic carbocycles. The number of furan rings is 1. The Bertz CT molecular complexity index is 479. The first kappa shape index (κ1) is 10.4. The lowest BCUT2D eigenvalue weighted by molar-refractivity contribution is 0.235. The second kappa shape index (κ2) is 4.63. The van der Waals surface area contributed by atoms with Crippen LogP contribution in [0, 0.1) is 0 Å². The van der Waals surface area contributed by atoms with Crippen LogP contribution in [0.4, 0.5) is 0 Å². The third-order valence-electron chi connectivity index (χ3n) is 3.02. The van der Waals surface area contributed by atoms with E-state index in [2.05, 4.69) is 17.4 Å². The summed E-state index contributed by atoms with van der Waals surface area (Å²) in [6, 6.07) is 12.4. The van der Waals surface area contributed by atoms with Crippen molar-refractivity contribution < 1.29 is 9.15 Å². The second-order valence-electron chi connectivity index (χ2n) is 4.28. The maximum atomic E-state index is 5.71. The predicted molar refractivity (Wildman–Crippen MR) is 65.0 cm³/mol. The van der Waals surface area contributed by atoms with Gasteiger partial charge in [0, 0.05) is 6.04 Å². The molecule has 88 valence electrons. The highest BCUT2D eigenvalue weighted by Gasteiger charge is 2.18. The monoisotopic (exact) mass is 229 g/mol. The molecule has 0 aliphatic carbocycles. The largest absolute Gasteiger partial charge is 0.492 e. The maximum Gasteiger partial charge on any atom is 0.122 e. The minimum absolute atomic E-state index is 0.356. The third-order valence-corrected chi connectivity index (χ3v) is 3.02. The van der Waals surface area contributed by atoms with E-state index in [1.54, 1.807) is 6.26 Å². The van der Waals surface area contributed by atoms with Crippen LogP contribution < -0.4 is 10.1 Å². The van der Waals surface area contributed by atoms with Crippen LogP contribution in [-0.4, -0.2) is 12.6 Å². The van der Waals surface area contributed by atoms with Crippen LogP contribution in [0.5, 0.6) is 5.75 Å².